The maximum atomic E-state index is 6.66. The van der Waals surface area contributed by atoms with Crippen molar-refractivity contribution in [2.24, 2.45) is 0 Å². The van der Waals surface area contributed by atoms with Gasteiger partial charge in [-0.15, -0.1) is 0 Å². The van der Waals surface area contributed by atoms with Crippen LogP contribution in [0.1, 0.15) is 49.9 Å². The SMILES string of the molecule is CC1(C)c2ccccc2-c2ccc(N(c3ccc4c(c3)-c3ccccc3-c3ccccc3O4)c3ccc4c(c3)C(C)(C)c3ccccc3-4)cc21. The molecule has 0 radical (unpaired) electrons. The van der Waals surface area contributed by atoms with E-state index >= 15 is 0 Å². The molecule has 2 aliphatic carbocycles. The highest BCUT2D eigenvalue weighted by Gasteiger charge is 2.38. The van der Waals surface area contributed by atoms with E-state index in [4.69, 9.17) is 4.74 Å². The van der Waals surface area contributed by atoms with Crippen LogP contribution in [0, 0.1) is 0 Å². The molecule has 1 heterocycles. The highest BCUT2D eigenvalue weighted by molar-refractivity contribution is 5.94. The van der Waals surface area contributed by atoms with Crippen molar-refractivity contribution >= 4 is 17.1 Å². The Bertz CT molecular complexity index is 2430. The summed E-state index contributed by atoms with van der Waals surface area (Å²) < 4.78 is 6.66. The van der Waals surface area contributed by atoms with E-state index in [2.05, 4.69) is 178 Å². The molecule has 1 aliphatic heterocycles. The number of benzene rings is 7. The normalized spacial score (nSPS) is 14.9. The number of ether oxygens (including phenoxy) is 1. The second kappa shape index (κ2) is 10.3. The van der Waals surface area contributed by atoms with Gasteiger partial charge in [0.1, 0.15) is 11.5 Å². The van der Waals surface area contributed by atoms with Crippen LogP contribution in [0.2, 0.25) is 0 Å². The van der Waals surface area contributed by atoms with E-state index in [0.29, 0.717) is 0 Å². The third-order valence-corrected chi connectivity index (χ3v) is 11.5. The first-order valence-electron chi connectivity index (χ1n) is 17.6. The Balaban J connectivity index is 1.19. The summed E-state index contributed by atoms with van der Waals surface area (Å²) in [6, 6.07) is 55.6. The number of rotatable bonds is 3. The molecule has 0 N–H and O–H groups in total. The number of para-hydroxylation sites is 1. The molecule has 240 valence electrons. The van der Waals surface area contributed by atoms with Crippen LogP contribution < -0.4 is 9.64 Å². The molecule has 3 aliphatic rings. The summed E-state index contributed by atoms with van der Waals surface area (Å²) in [5.41, 5.74) is 18.5. The van der Waals surface area contributed by atoms with Crippen LogP contribution in [-0.4, -0.2) is 0 Å². The zero-order valence-electron chi connectivity index (χ0n) is 28.8. The monoisotopic (exact) mass is 643 g/mol. The Labute approximate surface area is 294 Å². The first-order chi connectivity index (χ1) is 24.3. The Morgan fingerprint density at radius 3 is 1.32 bits per heavy atom. The molecular formula is C48H37NO. The second-order valence-corrected chi connectivity index (χ2v) is 15.0. The quantitative estimate of drug-likeness (QED) is 0.190. The maximum absolute atomic E-state index is 6.66. The lowest BCUT2D eigenvalue weighted by Crippen LogP contribution is -2.18. The number of nitrogens with zero attached hydrogens (tertiary/aromatic N) is 1. The van der Waals surface area contributed by atoms with E-state index < -0.39 is 0 Å². The van der Waals surface area contributed by atoms with Crippen molar-refractivity contribution in [3.05, 3.63) is 174 Å². The van der Waals surface area contributed by atoms with Crippen LogP contribution >= 0.6 is 0 Å². The van der Waals surface area contributed by atoms with E-state index in [1.165, 1.54) is 55.6 Å². The standard InChI is InChI=1S/C48H37NO/c1-47(2)41-18-10-7-15-35(41)37-24-21-31(28-43(37)47)49(32-22-25-38-36-16-8-11-19-42(36)48(3,4)44(38)29-32)30-23-26-46-40(27-30)34-14-6-5-13-33(34)39-17-9-12-20-45(39)50-46/h5-29H,1-4H3. The Morgan fingerprint density at radius 2 is 0.740 bits per heavy atom. The third kappa shape index (κ3) is 4.02. The van der Waals surface area contributed by atoms with Crippen LogP contribution in [0.3, 0.4) is 0 Å². The molecule has 2 heteroatoms. The van der Waals surface area contributed by atoms with Crippen molar-refractivity contribution < 1.29 is 4.74 Å². The van der Waals surface area contributed by atoms with Gasteiger partial charge in [0, 0.05) is 39.0 Å². The van der Waals surface area contributed by atoms with E-state index in [1.807, 2.05) is 6.07 Å². The number of hydrogen-bond donors (Lipinski definition) is 0. The first kappa shape index (κ1) is 29.1. The molecule has 0 spiro atoms. The lowest BCUT2D eigenvalue weighted by molar-refractivity contribution is 0.488. The summed E-state index contributed by atoms with van der Waals surface area (Å²) in [6.07, 6.45) is 0. The Kier molecular flexibility index (Phi) is 6.01. The third-order valence-electron chi connectivity index (χ3n) is 11.5. The predicted molar refractivity (Wildman–Crippen MR) is 207 cm³/mol. The fourth-order valence-electron chi connectivity index (χ4n) is 8.92. The van der Waals surface area contributed by atoms with Crippen LogP contribution in [0.4, 0.5) is 17.1 Å². The molecule has 7 aromatic rings. The van der Waals surface area contributed by atoms with E-state index in [1.54, 1.807) is 0 Å². The summed E-state index contributed by atoms with van der Waals surface area (Å²) in [5, 5.41) is 0. The molecule has 0 fully saturated rings. The minimum absolute atomic E-state index is 0.110. The average Bonchev–Trinajstić information content (AvgIpc) is 3.44. The van der Waals surface area contributed by atoms with Gasteiger partial charge in [0.05, 0.1) is 0 Å². The molecule has 0 atom stereocenters. The van der Waals surface area contributed by atoms with Gasteiger partial charge in [0.2, 0.25) is 0 Å². The van der Waals surface area contributed by atoms with Gasteiger partial charge in [-0.25, -0.2) is 0 Å². The van der Waals surface area contributed by atoms with E-state index in [-0.39, 0.29) is 10.8 Å². The fraction of sp³-hybridized carbons (Fsp3) is 0.125. The second-order valence-electron chi connectivity index (χ2n) is 15.0. The van der Waals surface area contributed by atoms with Crippen molar-refractivity contribution in [3.8, 4) is 56.0 Å². The van der Waals surface area contributed by atoms with Gasteiger partial charge < -0.3 is 9.64 Å². The molecule has 0 saturated carbocycles. The largest absolute Gasteiger partial charge is 0.456 e. The predicted octanol–water partition coefficient (Wildman–Crippen LogP) is 13.2. The van der Waals surface area contributed by atoms with Crippen LogP contribution in [0.5, 0.6) is 11.5 Å². The lowest BCUT2D eigenvalue weighted by Gasteiger charge is -2.30. The van der Waals surface area contributed by atoms with Crippen molar-refractivity contribution in [3.63, 3.8) is 0 Å². The zero-order chi connectivity index (χ0) is 33.8. The summed E-state index contributed by atoms with van der Waals surface area (Å²) in [4.78, 5) is 2.44. The average molecular weight is 644 g/mol. The number of fused-ring (bicyclic) bond motifs is 11. The molecule has 0 bridgehead atoms. The first-order valence-corrected chi connectivity index (χ1v) is 17.6. The number of anilines is 3. The fourth-order valence-corrected chi connectivity index (χ4v) is 8.92. The zero-order valence-corrected chi connectivity index (χ0v) is 28.8. The maximum Gasteiger partial charge on any atom is 0.135 e. The summed E-state index contributed by atoms with van der Waals surface area (Å²) in [6.45, 7) is 9.43. The summed E-state index contributed by atoms with van der Waals surface area (Å²) in [5.74, 6) is 1.74. The minimum atomic E-state index is -0.110. The lowest BCUT2D eigenvalue weighted by atomic mass is 9.82. The minimum Gasteiger partial charge on any atom is -0.456 e. The van der Waals surface area contributed by atoms with Crippen molar-refractivity contribution in [2.75, 3.05) is 4.90 Å². The molecule has 7 aromatic carbocycles. The van der Waals surface area contributed by atoms with E-state index in [0.717, 1.165) is 39.7 Å². The van der Waals surface area contributed by atoms with Crippen LogP contribution in [0.25, 0.3) is 44.5 Å². The molecule has 0 amide bonds. The van der Waals surface area contributed by atoms with Crippen molar-refractivity contribution in [1.29, 1.82) is 0 Å². The summed E-state index contributed by atoms with van der Waals surface area (Å²) >= 11 is 0. The van der Waals surface area contributed by atoms with Crippen LogP contribution in [0.15, 0.2) is 152 Å². The Hall–Kier alpha value is -5.86. The van der Waals surface area contributed by atoms with E-state index in [9.17, 15) is 0 Å². The topological polar surface area (TPSA) is 12.5 Å². The molecule has 0 saturated heterocycles. The van der Waals surface area contributed by atoms with Crippen molar-refractivity contribution in [2.45, 2.75) is 38.5 Å². The molecule has 0 aromatic heterocycles. The van der Waals surface area contributed by atoms with Crippen LogP contribution in [-0.2, 0) is 10.8 Å². The van der Waals surface area contributed by atoms with Gasteiger partial charge in [-0.05, 0) is 104 Å². The van der Waals surface area contributed by atoms with Gasteiger partial charge >= 0.3 is 0 Å². The Morgan fingerprint density at radius 1 is 0.340 bits per heavy atom. The van der Waals surface area contributed by atoms with Gasteiger partial charge in [-0.1, -0.05) is 131 Å². The van der Waals surface area contributed by atoms with Gasteiger partial charge in [0.25, 0.3) is 0 Å². The van der Waals surface area contributed by atoms with Gasteiger partial charge in [0.15, 0.2) is 0 Å². The molecule has 0 unspecified atom stereocenters. The highest BCUT2D eigenvalue weighted by atomic mass is 16.5. The smallest absolute Gasteiger partial charge is 0.135 e. The molecule has 50 heavy (non-hydrogen) atoms. The summed E-state index contributed by atoms with van der Waals surface area (Å²) in [7, 11) is 0. The van der Waals surface area contributed by atoms with Gasteiger partial charge in [-0.3, -0.25) is 0 Å². The molecule has 10 rings (SSSR count). The number of hydrogen-bond acceptors (Lipinski definition) is 2. The molecular weight excluding hydrogens is 607 g/mol. The highest BCUT2D eigenvalue weighted by Crippen LogP contribution is 2.54. The van der Waals surface area contributed by atoms with Gasteiger partial charge in [-0.2, -0.15) is 0 Å². The van der Waals surface area contributed by atoms with Crippen molar-refractivity contribution in [1.82, 2.24) is 0 Å². The molecule has 2 nitrogen and oxygen atoms in total.